The molecular weight excluding hydrogens is 332 g/mol. The lowest BCUT2D eigenvalue weighted by molar-refractivity contribution is -0.0131. The van der Waals surface area contributed by atoms with Gasteiger partial charge in [-0.05, 0) is 12.3 Å². The summed E-state index contributed by atoms with van der Waals surface area (Å²) in [5.74, 6) is 1.48. The predicted molar refractivity (Wildman–Crippen MR) is 89.6 cm³/mol. The second kappa shape index (κ2) is 6.45. The van der Waals surface area contributed by atoms with E-state index in [4.69, 9.17) is 8.92 Å². The smallest absolute Gasteiger partial charge is 0.264 e. The third-order valence-corrected chi connectivity index (χ3v) is 5.46. The summed E-state index contributed by atoms with van der Waals surface area (Å²) in [5.41, 5.74) is 0.671. The van der Waals surface area contributed by atoms with E-state index >= 15 is 0 Å². The zero-order valence-electron chi connectivity index (χ0n) is 14.3. The molecule has 0 bridgehead atoms. The van der Waals surface area contributed by atoms with Crippen LogP contribution in [0.1, 0.15) is 45.2 Å². The van der Waals surface area contributed by atoms with E-state index in [0.29, 0.717) is 23.3 Å². The number of aliphatic imine (C=N–C) groups is 1. The topological polar surface area (TPSA) is 94.8 Å². The average Bonchev–Trinajstić information content (AvgIpc) is 3.07. The molecule has 1 aromatic heterocycles. The summed E-state index contributed by atoms with van der Waals surface area (Å²) < 4.78 is 35.5. The zero-order chi connectivity index (χ0) is 17.5. The Morgan fingerprint density at radius 2 is 2.12 bits per heavy atom. The van der Waals surface area contributed by atoms with Crippen molar-refractivity contribution in [2.24, 2.45) is 16.8 Å². The lowest BCUT2D eigenvalue weighted by Gasteiger charge is -2.22. The SMILES string of the molecule is CC[C@H]1O[C@@H](n2cnc3c2N=CN[C@H]3COS(C)(=O)=O)[C@H](C)[C@@H]1C. The van der Waals surface area contributed by atoms with Crippen LogP contribution in [0.4, 0.5) is 5.82 Å². The molecule has 8 nitrogen and oxygen atoms in total. The van der Waals surface area contributed by atoms with Crippen molar-refractivity contribution in [1.29, 1.82) is 0 Å². The highest BCUT2D eigenvalue weighted by Gasteiger charge is 2.40. The summed E-state index contributed by atoms with van der Waals surface area (Å²) in [4.78, 5) is 8.81. The Balaban J connectivity index is 1.84. The molecule has 0 aromatic carbocycles. The Kier molecular flexibility index (Phi) is 4.67. The second-order valence-corrected chi connectivity index (χ2v) is 8.16. The molecule has 0 amide bonds. The minimum atomic E-state index is -3.51. The van der Waals surface area contributed by atoms with Crippen LogP contribution in [0.15, 0.2) is 11.3 Å². The molecule has 134 valence electrons. The fourth-order valence-electron chi connectivity index (χ4n) is 3.33. The maximum absolute atomic E-state index is 11.2. The van der Waals surface area contributed by atoms with E-state index in [1.807, 2.05) is 4.57 Å². The van der Waals surface area contributed by atoms with Crippen molar-refractivity contribution in [3.8, 4) is 0 Å². The van der Waals surface area contributed by atoms with Gasteiger partial charge in [-0.2, -0.15) is 8.42 Å². The van der Waals surface area contributed by atoms with E-state index in [9.17, 15) is 8.42 Å². The number of fused-ring (bicyclic) bond motifs is 1. The van der Waals surface area contributed by atoms with Crippen molar-refractivity contribution >= 4 is 22.3 Å². The molecule has 3 rings (SSSR count). The summed E-state index contributed by atoms with van der Waals surface area (Å²) in [7, 11) is -3.51. The van der Waals surface area contributed by atoms with Crippen LogP contribution in [0.3, 0.4) is 0 Å². The van der Waals surface area contributed by atoms with Gasteiger partial charge in [0.05, 0.1) is 37.7 Å². The lowest BCUT2D eigenvalue weighted by atomic mass is 9.91. The maximum Gasteiger partial charge on any atom is 0.264 e. The van der Waals surface area contributed by atoms with E-state index in [1.165, 1.54) is 0 Å². The van der Waals surface area contributed by atoms with Crippen molar-refractivity contribution in [1.82, 2.24) is 14.9 Å². The lowest BCUT2D eigenvalue weighted by Crippen LogP contribution is -2.28. The molecule has 9 heteroatoms. The van der Waals surface area contributed by atoms with Crippen molar-refractivity contribution in [2.45, 2.75) is 45.6 Å². The number of hydrogen-bond donors (Lipinski definition) is 1. The van der Waals surface area contributed by atoms with Gasteiger partial charge in [-0.25, -0.2) is 9.98 Å². The number of imidazole rings is 1. The number of hydrogen-bond acceptors (Lipinski definition) is 7. The van der Waals surface area contributed by atoms with Crippen LogP contribution >= 0.6 is 0 Å². The van der Waals surface area contributed by atoms with Gasteiger partial charge in [-0.15, -0.1) is 0 Å². The fourth-order valence-corrected chi connectivity index (χ4v) is 3.72. The molecule has 0 saturated carbocycles. The Hall–Kier alpha value is -1.45. The normalized spacial score (nSPS) is 32.6. The highest BCUT2D eigenvalue weighted by atomic mass is 32.2. The molecule has 0 radical (unpaired) electrons. The summed E-state index contributed by atoms with van der Waals surface area (Å²) in [6.07, 6.45) is 5.37. The monoisotopic (exact) mass is 356 g/mol. The summed E-state index contributed by atoms with van der Waals surface area (Å²) >= 11 is 0. The van der Waals surface area contributed by atoms with Crippen molar-refractivity contribution < 1.29 is 17.3 Å². The highest BCUT2D eigenvalue weighted by molar-refractivity contribution is 7.85. The van der Waals surface area contributed by atoms with Gasteiger partial charge in [0.15, 0.2) is 5.82 Å². The standard InChI is InChI=1S/C15H24N4O4S/c1-5-12-9(2)10(3)15(23-12)19-8-18-13-11(6-22-24(4,20)21)16-7-17-14(13)19/h7-12,15H,5-6H2,1-4H3,(H,16,17)/t9-,10+,11-,12+,15+/m0/s1. The molecule has 1 aromatic rings. The van der Waals surface area contributed by atoms with Crippen LogP contribution in [0, 0.1) is 11.8 Å². The molecule has 0 unspecified atom stereocenters. The predicted octanol–water partition coefficient (Wildman–Crippen LogP) is 1.74. The number of rotatable bonds is 5. The van der Waals surface area contributed by atoms with E-state index in [1.54, 1.807) is 12.7 Å². The van der Waals surface area contributed by atoms with Gasteiger partial charge in [-0.1, -0.05) is 20.8 Å². The number of nitrogens with zero attached hydrogens (tertiary/aromatic N) is 3. The Bertz CT molecular complexity index is 730. The minimum absolute atomic E-state index is 0.0239. The molecule has 2 aliphatic heterocycles. The van der Waals surface area contributed by atoms with E-state index in [-0.39, 0.29) is 25.0 Å². The molecule has 1 N–H and O–H groups in total. The minimum Gasteiger partial charge on any atom is -0.365 e. The van der Waals surface area contributed by atoms with Gasteiger partial charge in [-0.3, -0.25) is 8.75 Å². The molecule has 5 atom stereocenters. The largest absolute Gasteiger partial charge is 0.365 e. The Morgan fingerprint density at radius 3 is 2.75 bits per heavy atom. The van der Waals surface area contributed by atoms with E-state index < -0.39 is 10.1 Å². The zero-order valence-corrected chi connectivity index (χ0v) is 15.2. The molecule has 3 heterocycles. The molecule has 24 heavy (non-hydrogen) atoms. The third-order valence-electron chi connectivity index (χ3n) is 4.89. The van der Waals surface area contributed by atoms with Crippen LogP contribution in [-0.4, -0.2) is 43.3 Å². The number of aromatic nitrogens is 2. The van der Waals surface area contributed by atoms with Gasteiger partial charge in [0, 0.05) is 5.92 Å². The van der Waals surface area contributed by atoms with Crippen LogP contribution in [-0.2, 0) is 19.0 Å². The van der Waals surface area contributed by atoms with Crippen molar-refractivity contribution in [3.05, 3.63) is 12.0 Å². The van der Waals surface area contributed by atoms with Gasteiger partial charge in [0.25, 0.3) is 10.1 Å². The van der Waals surface area contributed by atoms with E-state index in [2.05, 4.69) is 36.1 Å². The first-order valence-electron chi connectivity index (χ1n) is 8.17. The molecule has 1 fully saturated rings. The van der Waals surface area contributed by atoms with Gasteiger partial charge >= 0.3 is 0 Å². The van der Waals surface area contributed by atoms with E-state index in [0.717, 1.165) is 12.7 Å². The van der Waals surface area contributed by atoms with Crippen LogP contribution < -0.4 is 5.32 Å². The first-order valence-corrected chi connectivity index (χ1v) is 9.98. The number of ether oxygens (including phenoxy) is 1. The van der Waals surface area contributed by atoms with Gasteiger partial charge < -0.3 is 10.1 Å². The highest BCUT2D eigenvalue weighted by Crippen LogP contribution is 2.43. The molecule has 2 aliphatic rings. The van der Waals surface area contributed by atoms with Crippen LogP contribution in [0.5, 0.6) is 0 Å². The summed E-state index contributed by atoms with van der Waals surface area (Å²) in [5, 5.41) is 2.99. The molecule has 0 aliphatic carbocycles. The first-order chi connectivity index (χ1) is 11.3. The second-order valence-electron chi connectivity index (χ2n) is 6.52. The number of nitrogens with one attached hydrogen (secondary N) is 1. The molecule has 1 saturated heterocycles. The Morgan fingerprint density at radius 1 is 1.38 bits per heavy atom. The van der Waals surface area contributed by atoms with Crippen LogP contribution in [0.2, 0.25) is 0 Å². The van der Waals surface area contributed by atoms with Crippen LogP contribution in [0.25, 0.3) is 0 Å². The molecule has 0 spiro atoms. The summed E-state index contributed by atoms with van der Waals surface area (Å²) in [6.45, 7) is 6.48. The quantitative estimate of drug-likeness (QED) is 0.808. The Labute approximate surface area is 142 Å². The molecular formula is C15H24N4O4S. The first kappa shape index (κ1) is 17.4. The third kappa shape index (κ3) is 3.20. The van der Waals surface area contributed by atoms with Gasteiger partial charge in [0.2, 0.25) is 0 Å². The fraction of sp³-hybridized carbons (Fsp3) is 0.733. The maximum atomic E-state index is 11.2. The summed E-state index contributed by atoms with van der Waals surface area (Å²) in [6, 6.07) is -0.357. The van der Waals surface area contributed by atoms with Crippen molar-refractivity contribution in [2.75, 3.05) is 12.9 Å². The average molecular weight is 356 g/mol. The van der Waals surface area contributed by atoms with Crippen molar-refractivity contribution in [3.63, 3.8) is 0 Å². The van der Waals surface area contributed by atoms with Gasteiger partial charge in [0.1, 0.15) is 11.9 Å².